The van der Waals surface area contributed by atoms with Gasteiger partial charge in [-0.05, 0) is 26.0 Å². The Morgan fingerprint density at radius 1 is 1.39 bits per heavy atom. The van der Waals surface area contributed by atoms with E-state index in [0.717, 1.165) is 17.0 Å². The molecule has 3 N–H and O–H groups in total. The second kappa shape index (κ2) is 4.22. The van der Waals surface area contributed by atoms with Crippen molar-refractivity contribution in [3.8, 4) is 17.0 Å². The number of carbonyl (C=O) groups excluding carboxylic acids is 1. The number of carbonyl (C=O) groups is 1. The molecule has 0 saturated carbocycles. The summed E-state index contributed by atoms with van der Waals surface area (Å²) in [5.41, 5.74) is 9.47. The number of nitrogens with zero attached hydrogens (tertiary/aromatic N) is 1. The van der Waals surface area contributed by atoms with Crippen LogP contribution in [0.5, 0.6) is 5.75 Å². The Labute approximate surface area is 106 Å². The van der Waals surface area contributed by atoms with E-state index in [9.17, 15) is 9.90 Å². The summed E-state index contributed by atoms with van der Waals surface area (Å²) in [6.45, 7) is 3.37. The average Bonchev–Trinajstić information content (AvgIpc) is 2.50. The molecule has 0 radical (unpaired) electrons. The summed E-state index contributed by atoms with van der Waals surface area (Å²) < 4.78 is 1.88. The van der Waals surface area contributed by atoms with Gasteiger partial charge in [-0.1, -0.05) is 12.1 Å². The standard InChI is InChI=1S/C14H16N2O2/c1-8-12(9(2)17)13(15)14(16(8)3)10-5-4-6-11(18)7-10/h4-7,18H,15H2,1-3H3. The van der Waals surface area contributed by atoms with Gasteiger partial charge in [-0.15, -0.1) is 0 Å². The van der Waals surface area contributed by atoms with Crippen molar-refractivity contribution < 1.29 is 9.90 Å². The van der Waals surface area contributed by atoms with E-state index in [2.05, 4.69) is 0 Å². The van der Waals surface area contributed by atoms with E-state index in [1.165, 1.54) is 6.92 Å². The minimum atomic E-state index is -0.0491. The van der Waals surface area contributed by atoms with E-state index in [-0.39, 0.29) is 11.5 Å². The van der Waals surface area contributed by atoms with Crippen molar-refractivity contribution in [1.29, 1.82) is 0 Å². The Morgan fingerprint density at radius 2 is 2.06 bits per heavy atom. The van der Waals surface area contributed by atoms with Gasteiger partial charge in [0.25, 0.3) is 0 Å². The van der Waals surface area contributed by atoms with Crippen LogP contribution < -0.4 is 5.73 Å². The van der Waals surface area contributed by atoms with Crippen molar-refractivity contribution in [2.45, 2.75) is 13.8 Å². The Hall–Kier alpha value is -2.23. The summed E-state index contributed by atoms with van der Waals surface area (Å²) in [7, 11) is 1.86. The van der Waals surface area contributed by atoms with Crippen molar-refractivity contribution >= 4 is 11.5 Å². The minimum absolute atomic E-state index is 0.0491. The van der Waals surface area contributed by atoms with Gasteiger partial charge in [-0.3, -0.25) is 4.79 Å². The molecule has 0 aliphatic heterocycles. The zero-order valence-electron chi connectivity index (χ0n) is 10.7. The first-order valence-electron chi connectivity index (χ1n) is 5.68. The fraction of sp³-hybridized carbons (Fsp3) is 0.214. The van der Waals surface area contributed by atoms with E-state index in [4.69, 9.17) is 5.73 Å². The smallest absolute Gasteiger partial charge is 0.163 e. The van der Waals surface area contributed by atoms with Crippen molar-refractivity contribution in [1.82, 2.24) is 4.57 Å². The molecule has 2 rings (SSSR count). The molecule has 94 valence electrons. The van der Waals surface area contributed by atoms with Crippen LogP contribution in [0, 0.1) is 6.92 Å². The van der Waals surface area contributed by atoms with Gasteiger partial charge in [0.1, 0.15) is 5.75 Å². The lowest BCUT2D eigenvalue weighted by atomic mass is 10.1. The number of hydrogen-bond donors (Lipinski definition) is 2. The van der Waals surface area contributed by atoms with Gasteiger partial charge in [0.05, 0.1) is 16.9 Å². The largest absolute Gasteiger partial charge is 0.508 e. The van der Waals surface area contributed by atoms with Crippen molar-refractivity contribution in [3.05, 3.63) is 35.5 Å². The van der Waals surface area contributed by atoms with Crippen molar-refractivity contribution in [2.24, 2.45) is 7.05 Å². The summed E-state index contributed by atoms with van der Waals surface area (Å²) in [5.74, 6) is 0.127. The van der Waals surface area contributed by atoms with E-state index >= 15 is 0 Å². The van der Waals surface area contributed by atoms with Crippen LogP contribution in [0.25, 0.3) is 11.3 Å². The molecule has 0 saturated heterocycles. The Kier molecular flexibility index (Phi) is 2.87. The Bertz CT molecular complexity index is 627. The second-order valence-electron chi connectivity index (χ2n) is 4.39. The fourth-order valence-corrected chi connectivity index (χ4v) is 2.28. The van der Waals surface area contributed by atoms with E-state index in [1.807, 2.05) is 24.6 Å². The Morgan fingerprint density at radius 3 is 2.56 bits per heavy atom. The number of rotatable bonds is 2. The van der Waals surface area contributed by atoms with Crippen LogP contribution in [-0.2, 0) is 7.05 Å². The predicted molar refractivity (Wildman–Crippen MR) is 71.7 cm³/mol. The van der Waals surface area contributed by atoms with Crippen LogP contribution >= 0.6 is 0 Å². The highest BCUT2D eigenvalue weighted by atomic mass is 16.3. The average molecular weight is 244 g/mol. The zero-order chi connectivity index (χ0) is 13.4. The molecule has 0 atom stereocenters. The maximum atomic E-state index is 11.6. The van der Waals surface area contributed by atoms with Gasteiger partial charge in [0.2, 0.25) is 0 Å². The number of Topliss-reactive ketones (excluding diaryl/α,β-unsaturated/α-hetero) is 1. The number of nitrogen functional groups attached to an aromatic ring is 1. The summed E-state index contributed by atoms with van der Waals surface area (Å²) in [5, 5.41) is 9.52. The molecule has 4 nitrogen and oxygen atoms in total. The number of aromatic hydroxyl groups is 1. The van der Waals surface area contributed by atoms with Gasteiger partial charge in [-0.2, -0.15) is 0 Å². The van der Waals surface area contributed by atoms with Crippen molar-refractivity contribution in [2.75, 3.05) is 5.73 Å². The number of nitrogens with two attached hydrogens (primary N) is 1. The molecule has 0 fully saturated rings. The number of phenols is 1. The molecule has 18 heavy (non-hydrogen) atoms. The topological polar surface area (TPSA) is 68.2 Å². The van der Waals surface area contributed by atoms with Crippen LogP contribution in [-0.4, -0.2) is 15.5 Å². The highest BCUT2D eigenvalue weighted by Gasteiger charge is 2.20. The molecule has 2 aromatic rings. The highest BCUT2D eigenvalue weighted by molar-refractivity contribution is 6.04. The molecule has 1 aromatic heterocycles. The quantitative estimate of drug-likeness (QED) is 0.797. The number of aromatic nitrogens is 1. The number of ketones is 1. The molecular formula is C14H16N2O2. The first-order valence-corrected chi connectivity index (χ1v) is 5.68. The molecule has 0 aliphatic carbocycles. The van der Waals surface area contributed by atoms with Gasteiger partial charge < -0.3 is 15.4 Å². The lowest BCUT2D eigenvalue weighted by Crippen LogP contribution is -1.98. The van der Waals surface area contributed by atoms with Crippen LogP contribution in [0.3, 0.4) is 0 Å². The zero-order valence-corrected chi connectivity index (χ0v) is 10.7. The van der Waals surface area contributed by atoms with E-state index < -0.39 is 0 Å². The Balaban J connectivity index is 2.73. The lowest BCUT2D eigenvalue weighted by Gasteiger charge is -2.06. The van der Waals surface area contributed by atoms with E-state index in [1.54, 1.807) is 18.2 Å². The second-order valence-corrected chi connectivity index (χ2v) is 4.39. The van der Waals surface area contributed by atoms with Crippen LogP contribution in [0.4, 0.5) is 5.69 Å². The highest BCUT2D eigenvalue weighted by Crippen LogP contribution is 2.34. The molecule has 0 aliphatic rings. The first kappa shape index (κ1) is 12.2. The summed E-state index contributed by atoms with van der Waals surface area (Å²) in [6.07, 6.45) is 0. The molecule has 1 aromatic carbocycles. The fourth-order valence-electron chi connectivity index (χ4n) is 2.28. The lowest BCUT2D eigenvalue weighted by molar-refractivity contribution is 0.101. The van der Waals surface area contributed by atoms with Crippen LogP contribution in [0.2, 0.25) is 0 Å². The first-order chi connectivity index (χ1) is 8.43. The van der Waals surface area contributed by atoms with Crippen molar-refractivity contribution in [3.63, 3.8) is 0 Å². The monoisotopic (exact) mass is 244 g/mol. The van der Waals surface area contributed by atoms with Gasteiger partial charge in [0, 0.05) is 18.3 Å². The molecule has 0 bridgehead atoms. The molecule has 1 heterocycles. The number of hydrogen-bond acceptors (Lipinski definition) is 3. The number of phenolic OH excluding ortho intramolecular Hbond substituents is 1. The van der Waals surface area contributed by atoms with Gasteiger partial charge in [0.15, 0.2) is 5.78 Å². The molecule has 0 unspecified atom stereocenters. The number of anilines is 1. The third-order valence-corrected chi connectivity index (χ3v) is 3.20. The molecule has 0 spiro atoms. The normalized spacial score (nSPS) is 10.6. The maximum Gasteiger partial charge on any atom is 0.163 e. The molecular weight excluding hydrogens is 228 g/mol. The predicted octanol–water partition coefficient (Wildman–Crippen LogP) is 2.49. The number of benzene rings is 1. The van der Waals surface area contributed by atoms with Gasteiger partial charge in [-0.25, -0.2) is 0 Å². The third-order valence-electron chi connectivity index (χ3n) is 3.20. The molecule has 0 amide bonds. The summed E-state index contributed by atoms with van der Waals surface area (Å²) >= 11 is 0. The SMILES string of the molecule is CC(=O)c1c(N)c(-c2cccc(O)c2)n(C)c1C. The third kappa shape index (κ3) is 1.76. The minimum Gasteiger partial charge on any atom is -0.508 e. The van der Waals surface area contributed by atoms with Gasteiger partial charge >= 0.3 is 0 Å². The summed E-state index contributed by atoms with van der Waals surface area (Å²) in [4.78, 5) is 11.6. The van der Waals surface area contributed by atoms with Crippen LogP contribution in [0.15, 0.2) is 24.3 Å². The molecule has 4 heteroatoms. The summed E-state index contributed by atoms with van der Waals surface area (Å²) in [6, 6.07) is 6.84. The van der Waals surface area contributed by atoms with Crippen LogP contribution in [0.1, 0.15) is 23.0 Å². The maximum absolute atomic E-state index is 11.6. The van der Waals surface area contributed by atoms with E-state index in [0.29, 0.717) is 11.3 Å².